The predicted molar refractivity (Wildman–Crippen MR) is 48.5 cm³/mol. The van der Waals surface area contributed by atoms with Gasteiger partial charge in [-0.1, -0.05) is 5.92 Å². The van der Waals surface area contributed by atoms with Crippen molar-refractivity contribution in [1.29, 1.82) is 0 Å². The Morgan fingerprint density at radius 1 is 1.33 bits per heavy atom. The highest BCUT2D eigenvalue weighted by Crippen LogP contribution is 2.18. The molecule has 0 spiro atoms. The largest absolute Gasteiger partial charge is 0.436 e. The van der Waals surface area contributed by atoms with Crippen LogP contribution >= 0.6 is 0 Å². The van der Waals surface area contributed by atoms with Crippen molar-refractivity contribution in [1.82, 2.24) is 5.32 Å². The molecule has 0 aliphatic rings. The van der Waals surface area contributed by atoms with Crippen LogP contribution in [0.2, 0.25) is 0 Å². The first kappa shape index (κ1) is 13.6. The van der Waals surface area contributed by atoms with E-state index in [0.29, 0.717) is 0 Å². The fraction of sp³-hybridized carbons (Fsp3) is 0.667. The molecule has 0 unspecified atom stereocenters. The van der Waals surface area contributed by atoms with Gasteiger partial charge in [-0.2, -0.15) is 0 Å². The molecule has 15 heavy (non-hydrogen) atoms. The highest BCUT2D eigenvalue weighted by Gasteiger charge is 2.31. The van der Waals surface area contributed by atoms with Gasteiger partial charge in [-0.15, -0.1) is 6.42 Å². The van der Waals surface area contributed by atoms with Crippen LogP contribution in [0.25, 0.3) is 0 Å². The van der Waals surface area contributed by atoms with Crippen LogP contribution in [0.5, 0.6) is 0 Å². The average Bonchev–Trinajstić information content (AvgIpc) is 2.29. The Morgan fingerprint density at radius 2 is 1.87 bits per heavy atom. The summed E-state index contributed by atoms with van der Waals surface area (Å²) >= 11 is 0. The number of ether oxygens (including phenoxy) is 1. The minimum Gasteiger partial charge on any atom is -0.436 e. The number of carbonyl (C=O) groups is 1. The Bertz CT molecular complexity index is 228. The van der Waals surface area contributed by atoms with E-state index in [1.54, 1.807) is 0 Å². The molecule has 0 fully saturated rings. The Morgan fingerprint density at radius 3 is 2.27 bits per heavy atom. The van der Waals surface area contributed by atoms with Gasteiger partial charge in [0, 0.05) is 6.54 Å². The fourth-order valence-electron chi connectivity index (χ4n) is 0.667. The third kappa shape index (κ3) is 4.58. The molecule has 6 heteroatoms. The molecule has 0 atom stereocenters. The number of carbonyl (C=O) groups excluding carboxylic acids is 1. The van der Waals surface area contributed by atoms with Crippen LogP contribution in [0.15, 0.2) is 0 Å². The van der Waals surface area contributed by atoms with Crippen LogP contribution < -0.4 is 5.32 Å². The van der Waals surface area contributed by atoms with Gasteiger partial charge in [-0.05, 0) is 0 Å². The van der Waals surface area contributed by atoms with Gasteiger partial charge in [0.1, 0.15) is 20.0 Å². The summed E-state index contributed by atoms with van der Waals surface area (Å²) in [4.78, 5) is 10.8. The molecule has 1 N–H and O–H groups in total. The number of amides is 1. The molecule has 0 aromatic carbocycles. The lowest BCUT2D eigenvalue weighted by Crippen LogP contribution is -2.42. The molecular formula is C9H12F3NO2. The Labute approximate surface area is 86.0 Å². The number of alkyl carbamates (subject to hydrolysis) is 1. The highest BCUT2D eigenvalue weighted by atomic mass is 19.1. The quantitative estimate of drug-likeness (QED) is 0.688. The van der Waals surface area contributed by atoms with Crippen LogP contribution in [0, 0.1) is 17.8 Å². The standard InChI is InChI=1S/C9H12F3NO2/c1-2-3-15-8(14)13-7-9(4-10,5-11)6-12/h1H,3-7H2,(H,13,14). The summed E-state index contributed by atoms with van der Waals surface area (Å²) in [5.41, 5.74) is -1.81. The van der Waals surface area contributed by atoms with Crippen LogP contribution in [0.3, 0.4) is 0 Å². The van der Waals surface area contributed by atoms with Crippen LogP contribution in [0.4, 0.5) is 18.0 Å². The summed E-state index contributed by atoms with van der Waals surface area (Å²) in [5.74, 6) is 2.03. The second-order valence-electron chi connectivity index (χ2n) is 3.03. The molecule has 1 amide bonds. The summed E-state index contributed by atoms with van der Waals surface area (Å²) in [6.07, 6.45) is 3.88. The average molecular weight is 223 g/mol. The van der Waals surface area contributed by atoms with E-state index in [9.17, 15) is 18.0 Å². The molecule has 3 nitrogen and oxygen atoms in total. The molecule has 0 aliphatic heterocycles. The number of terminal acetylenes is 1. The maximum absolute atomic E-state index is 12.3. The summed E-state index contributed by atoms with van der Waals surface area (Å²) in [7, 11) is 0. The van der Waals surface area contributed by atoms with Gasteiger partial charge in [0.2, 0.25) is 0 Å². The van der Waals surface area contributed by atoms with Gasteiger partial charge in [-0.3, -0.25) is 13.2 Å². The van der Waals surface area contributed by atoms with E-state index in [2.05, 4.69) is 4.74 Å². The third-order valence-corrected chi connectivity index (χ3v) is 1.74. The monoisotopic (exact) mass is 223 g/mol. The van der Waals surface area contributed by atoms with Crippen molar-refractivity contribution >= 4 is 6.09 Å². The minimum absolute atomic E-state index is 0.250. The van der Waals surface area contributed by atoms with Gasteiger partial charge in [-0.25, -0.2) is 4.79 Å². The smallest absolute Gasteiger partial charge is 0.408 e. The van der Waals surface area contributed by atoms with E-state index in [1.165, 1.54) is 0 Å². The van der Waals surface area contributed by atoms with E-state index in [4.69, 9.17) is 6.42 Å². The second-order valence-corrected chi connectivity index (χ2v) is 3.03. The van der Waals surface area contributed by atoms with Gasteiger partial charge >= 0.3 is 6.09 Å². The summed E-state index contributed by atoms with van der Waals surface area (Å²) in [6.45, 7) is -4.32. The maximum Gasteiger partial charge on any atom is 0.408 e. The molecule has 0 aromatic rings. The first-order valence-corrected chi connectivity index (χ1v) is 4.16. The van der Waals surface area contributed by atoms with E-state index in [-0.39, 0.29) is 6.61 Å². The van der Waals surface area contributed by atoms with E-state index in [1.807, 2.05) is 11.2 Å². The van der Waals surface area contributed by atoms with Gasteiger partial charge < -0.3 is 10.1 Å². The summed E-state index contributed by atoms with van der Waals surface area (Å²) in [5, 5.41) is 2.03. The lowest BCUT2D eigenvalue weighted by molar-refractivity contribution is 0.103. The number of hydrogen-bond donors (Lipinski definition) is 1. The first-order valence-electron chi connectivity index (χ1n) is 4.16. The minimum atomic E-state index is -1.81. The first-order chi connectivity index (χ1) is 7.14. The number of rotatable bonds is 6. The van der Waals surface area contributed by atoms with E-state index in [0.717, 1.165) is 0 Å². The van der Waals surface area contributed by atoms with Crippen molar-refractivity contribution in [3.8, 4) is 12.3 Å². The highest BCUT2D eigenvalue weighted by molar-refractivity contribution is 5.67. The second kappa shape index (κ2) is 6.98. The van der Waals surface area contributed by atoms with E-state index < -0.39 is 38.1 Å². The molecule has 0 bridgehead atoms. The molecule has 0 aromatic heterocycles. The number of alkyl halides is 3. The Kier molecular flexibility index (Phi) is 6.34. The van der Waals surface area contributed by atoms with Crippen molar-refractivity contribution in [3.05, 3.63) is 0 Å². The number of halogens is 3. The van der Waals surface area contributed by atoms with Crippen molar-refractivity contribution in [2.75, 3.05) is 33.2 Å². The van der Waals surface area contributed by atoms with Gasteiger partial charge in [0.05, 0.1) is 5.41 Å². The number of hydrogen-bond acceptors (Lipinski definition) is 2. The van der Waals surface area contributed by atoms with Crippen LogP contribution in [-0.4, -0.2) is 39.3 Å². The topological polar surface area (TPSA) is 38.3 Å². The third-order valence-electron chi connectivity index (χ3n) is 1.74. The number of nitrogens with one attached hydrogen (secondary N) is 1. The lowest BCUT2D eigenvalue weighted by Gasteiger charge is -2.23. The van der Waals surface area contributed by atoms with E-state index >= 15 is 0 Å². The van der Waals surface area contributed by atoms with Crippen molar-refractivity contribution in [2.45, 2.75) is 0 Å². The Balaban J connectivity index is 4.00. The molecule has 0 rings (SSSR count). The zero-order valence-corrected chi connectivity index (χ0v) is 8.06. The molecule has 0 aliphatic carbocycles. The molecule has 86 valence electrons. The Hall–Kier alpha value is -1.38. The van der Waals surface area contributed by atoms with Gasteiger partial charge in [0.25, 0.3) is 0 Å². The SMILES string of the molecule is C#CCOC(=O)NCC(CF)(CF)CF. The normalized spacial score (nSPS) is 10.5. The van der Waals surface area contributed by atoms with Crippen LogP contribution in [-0.2, 0) is 4.74 Å². The molecule has 0 heterocycles. The molecule has 0 saturated carbocycles. The summed E-state index contributed by atoms with van der Waals surface area (Å²) in [6, 6.07) is 0. The molecule has 0 saturated heterocycles. The fourth-order valence-corrected chi connectivity index (χ4v) is 0.667. The molecule has 0 radical (unpaired) electrons. The van der Waals surface area contributed by atoms with Crippen molar-refractivity contribution < 1.29 is 22.7 Å². The lowest BCUT2D eigenvalue weighted by atomic mass is 9.93. The van der Waals surface area contributed by atoms with Crippen molar-refractivity contribution in [3.63, 3.8) is 0 Å². The maximum atomic E-state index is 12.3. The van der Waals surface area contributed by atoms with Crippen molar-refractivity contribution in [2.24, 2.45) is 5.41 Å². The van der Waals surface area contributed by atoms with Crippen LogP contribution in [0.1, 0.15) is 0 Å². The predicted octanol–water partition coefficient (Wildman–Crippen LogP) is 1.24. The zero-order valence-electron chi connectivity index (χ0n) is 8.06. The molecular weight excluding hydrogens is 211 g/mol. The van der Waals surface area contributed by atoms with Gasteiger partial charge in [0.15, 0.2) is 6.61 Å². The zero-order chi connectivity index (χ0) is 11.7. The summed E-state index contributed by atoms with van der Waals surface area (Å²) < 4.78 is 41.3.